The molecule has 0 spiro atoms. The summed E-state index contributed by atoms with van der Waals surface area (Å²) in [5.41, 5.74) is 0.601. The highest BCUT2D eigenvalue weighted by Crippen LogP contribution is 2.26. The van der Waals surface area contributed by atoms with Gasteiger partial charge in [0.15, 0.2) is 0 Å². The second kappa shape index (κ2) is 5.29. The minimum atomic E-state index is -3.40. The van der Waals surface area contributed by atoms with E-state index in [2.05, 4.69) is 20.7 Å². The van der Waals surface area contributed by atoms with Crippen molar-refractivity contribution in [3.63, 3.8) is 0 Å². The molecule has 0 amide bonds. The van der Waals surface area contributed by atoms with Gasteiger partial charge < -0.3 is 0 Å². The molecule has 0 unspecified atom stereocenters. The molecule has 0 radical (unpaired) electrons. The van der Waals surface area contributed by atoms with Gasteiger partial charge in [0.2, 0.25) is 10.0 Å². The zero-order valence-corrected chi connectivity index (χ0v) is 12.9. The normalized spacial score (nSPS) is 11.9. The molecule has 0 heterocycles. The SMILES string of the molecule is CC(C)(C)CS(=O)(=O)Nc1ccc(C#N)cc1Br. The van der Waals surface area contributed by atoms with Crippen LogP contribution in [0.15, 0.2) is 22.7 Å². The van der Waals surface area contributed by atoms with Gasteiger partial charge >= 0.3 is 0 Å². The lowest BCUT2D eigenvalue weighted by atomic mass is 10.0. The van der Waals surface area contributed by atoms with Crippen molar-refractivity contribution in [3.05, 3.63) is 28.2 Å². The third kappa shape index (κ3) is 4.67. The summed E-state index contributed by atoms with van der Waals surface area (Å²) >= 11 is 3.24. The molecule has 0 aliphatic rings. The van der Waals surface area contributed by atoms with E-state index in [1.54, 1.807) is 18.2 Å². The maximum atomic E-state index is 11.9. The van der Waals surface area contributed by atoms with E-state index in [9.17, 15) is 8.42 Å². The number of hydrogen-bond acceptors (Lipinski definition) is 3. The van der Waals surface area contributed by atoms with Crippen LogP contribution < -0.4 is 4.72 Å². The molecule has 1 rings (SSSR count). The van der Waals surface area contributed by atoms with E-state index in [0.717, 1.165) is 0 Å². The molecule has 1 aromatic rings. The highest BCUT2D eigenvalue weighted by atomic mass is 79.9. The summed E-state index contributed by atoms with van der Waals surface area (Å²) in [6.07, 6.45) is 0. The topological polar surface area (TPSA) is 70.0 Å². The average molecular weight is 331 g/mol. The Morgan fingerprint density at radius 2 is 2.00 bits per heavy atom. The number of nitrogens with zero attached hydrogens (tertiary/aromatic N) is 1. The molecule has 0 saturated carbocycles. The van der Waals surface area contributed by atoms with Gasteiger partial charge in [-0.1, -0.05) is 20.8 Å². The standard InChI is InChI=1S/C12H15BrN2O2S/c1-12(2,3)8-18(16,17)15-11-5-4-9(7-14)6-10(11)13/h4-6,15H,8H2,1-3H3. The van der Waals surface area contributed by atoms with Crippen molar-refractivity contribution >= 4 is 31.6 Å². The van der Waals surface area contributed by atoms with Crippen LogP contribution >= 0.6 is 15.9 Å². The monoisotopic (exact) mass is 330 g/mol. The average Bonchev–Trinajstić information content (AvgIpc) is 2.17. The summed E-state index contributed by atoms with van der Waals surface area (Å²) in [5.74, 6) is 0.0342. The number of anilines is 1. The molecule has 1 N–H and O–H groups in total. The fourth-order valence-electron chi connectivity index (χ4n) is 1.44. The number of sulfonamides is 1. The summed E-state index contributed by atoms with van der Waals surface area (Å²) in [6, 6.07) is 6.71. The maximum absolute atomic E-state index is 11.9. The molecule has 6 heteroatoms. The first kappa shape index (κ1) is 15.0. The van der Waals surface area contributed by atoms with Gasteiger partial charge in [-0.15, -0.1) is 0 Å². The quantitative estimate of drug-likeness (QED) is 0.925. The van der Waals surface area contributed by atoms with Crippen molar-refractivity contribution in [2.75, 3.05) is 10.5 Å². The zero-order chi connectivity index (χ0) is 14.0. The maximum Gasteiger partial charge on any atom is 0.233 e. The molecule has 0 saturated heterocycles. The van der Waals surface area contributed by atoms with E-state index in [1.807, 2.05) is 26.8 Å². The van der Waals surface area contributed by atoms with Gasteiger partial charge in [-0.3, -0.25) is 4.72 Å². The lowest BCUT2D eigenvalue weighted by Crippen LogP contribution is -2.26. The smallest absolute Gasteiger partial charge is 0.233 e. The number of halogens is 1. The molecule has 0 bridgehead atoms. The summed E-state index contributed by atoms with van der Waals surface area (Å²) in [7, 11) is -3.40. The molecular weight excluding hydrogens is 316 g/mol. The minimum absolute atomic E-state index is 0.0342. The van der Waals surface area contributed by atoms with E-state index in [4.69, 9.17) is 5.26 Å². The highest BCUT2D eigenvalue weighted by Gasteiger charge is 2.22. The predicted octanol–water partition coefficient (Wildman–Crippen LogP) is 3.11. The Morgan fingerprint density at radius 3 is 2.44 bits per heavy atom. The first-order valence-corrected chi connectivity index (χ1v) is 7.78. The molecule has 0 fully saturated rings. The highest BCUT2D eigenvalue weighted by molar-refractivity contribution is 9.10. The predicted molar refractivity (Wildman–Crippen MR) is 75.7 cm³/mol. The van der Waals surface area contributed by atoms with Crippen LogP contribution in [0.25, 0.3) is 0 Å². The second-order valence-corrected chi connectivity index (χ2v) is 7.80. The largest absolute Gasteiger partial charge is 0.282 e. The minimum Gasteiger partial charge on any atom is -0.282 e. The van der Waals surface area contributed by atoms with Gasteiger partial charge in [0.05, 0.1) is 23.1 Å². The third-order valence-corrected chi connectivity index (χ3v) is 4.42. The fraction of sp³-hybridized carbons (Fsp3) is 0.417. The van der Waals surface area contributed by atoms with Crippen LogP contribution in [-0.4, -0.2) is 14.2 Å². The van der Waals surface area contributed by atoms with Crippen LogP contribution in [0.1, 0.15) is 26.3 Å². The van der Waals surface area contributed by atoms with Crippen molar-refractivity contribution in [2.24, 2.45) is 5.41 Å². The molecule has 0 atom stereocenters. The summed E-state index contributed by atoms with van der Waals surface area (Å²) in [6.45, 7) is 5.58. The zero-order valence-electron chi connectivity index (χ0n) is 10.5. The molecule has 4 nitrogen and oxygen atoms in total. The Hall–Kier alpha value is -1.06. The Kier molecular flexibility index (Phi) is 4.41. The summed E-state index contributed by atoms with van der Waals surface area (Å²) in [5, 5.41) is 8.73. The third-order valence-electron chi connectivity index (χ3n) is 1.99. The molecule has 0 aliphatic carbocycles. The Balaban J connectivity index is 2.96. The number of benzene rings is 1. The van der Waals surface area contributed by atoms with E-state index >= 15 is 0 Å². The molecular formula is C12H15BrN2O2S. The summed E-state index contributed by atoms with van der Waals surface area (Å²) in [4.78, 5) is 0. The van der Waals surface area contributed by atoms with E-state index in [1.165, 1.54) is 0 Å². The first-order chi connectivity index (χ1) is 8.13. The van der Waals surface area contributed by atoms with Crippen molar-refractivity contribution in [2.45, 2.75) is 20.8 Å². The second-order valence-electron chi connectivity index (χ2n) is 5.23. The van der Waals surface area contributed by atoms with Crippen molar-refractivity contribution in [3.8, 4) is 6.07 Å². The molecule has 1 aromatic carbocycles. The Bertz CT molecular complexity index is 583. The summed E-state index contributed by atoms with van der Waals surface area (Å²) < 4.78 is 26.9. The van der Waals surface area contributed by atoms with Gasteiger partial charge in [-0.05, 0) is 39.5 Å². The van der Waals surface area contributed by atoms with Gasteiger partial charge in [0, 0.05) is 4.47 Å². The van der Waals surface area contributed by atoms with E-state index in [-0.39, 0.29) is 11.2 Å². The van der Waals surface area contributed by atoms with E-state index < -0.39 is 10.0 Å². The van der Waals surface area contributed by atoms with Crippen molar-refractivity contribution in [1.82, 2.24) is 0 Å². The Morgan fingerprint density at radius 1 is 1.39 bits per heavy atom. The van der Waals surface area contributed by atoms with Gasteiger partial charge in [0.1, 0.15) is 0 Å². The van der Waals surface area contributed by atoms with Crippen molar-refractivity contribution < 1.29 is 8.42 Å². The van der Waals surface area contributed by atoms with Crippen LogP contribution in [0, 0.1) is 16.7 Å². The van der Waals surface area contributed by atoms with Gasteiger partial charge in [0.25, 0.3) is 0 Å². The lowest BCUT2D eigenvalue weighted by molar-refractivity contribution is 0.463. The number of nitrogens with one attached hydrogen (secondary N) is 1. The van der Waals surface area contributed by atoms with Crippen LogP contribution in [0.3, 0.4) is 0 Å². The van der Waals surface area contributed by atoms with Crippen LogP contribution in [0.2, 0.25) is 0 Å². The molecule has 98 valence electrons. The van der Waals surface area contributed by atoms with Crippen LogP contribution in [0.4, 0.5) is 5.69 Å². The number of rotatable bonds is 3. The number of hydrogen-bond donors (Lipinski definition) is 1. The number of nitriles is 1. The van der Waals surface area contributed by atoms with Gasteiger partial charge in [-0.25, -0.2) is 8.42 Å². The van der Waals surface area contributed by atoms with Crippen LogP contribution in [0.5, 0.6) is 0 Å². The van der Waals surface area contributed by atoms with E-state index in [0.29, 0.717) is 15.7 Å². The molecule has 0 aliphatic heterocycles. The molecule has 0 aromatic heterocycles. The van der Waals surface area contributed by atoms with Crippen LogP contribution in [-0.2, 0) is 10.0 Å². The fourth-order valence-corrected chi connectivity index (χ4v) is 3.78. The van der Waals surface area contributed by atoms with Crippen molar-refractivity contribution in [1.29, 1.82) is 5.26 Å². The first-order valence-electron chi connectivity index (χ1n) is 5.33. The Labute approximate surface area is 116 Å². The lowest BCUT2D eigenvalue weighted by Gasteiger charge is -2.19. The van der Waals surface area contributed by atoms with Gasteiger partial charge in [-0.2, -0.15) is 5.26 Å². The molecule has 18 heavy (non-hydrogen) atoms.